The van der Waals surface area contributed by atoms with Gasteiger partial charge in [0, 0.05) is 5.56 Å². The van der Waals surface area contributed by atoms with Gasteiger partial charge in [0.1, 0.15) is 5.75 Å². The minimum Gasteiger partial charge on any atom is -0.512 e. The summed E-state index contributed by atoms with van der Waals surface area (Å²) in [6.07, 6.45) is 6.65. The molecule has 1 aromatic carbocycles. The lowest BCUT2D eigenvalue weighted by Gasteiger charge is -2.34. The van der Waals surface area contributed by atoms with Crippen LogP contribution in [-0.4, -0.2) is 17.4 Å². The van der Waals surface area contributed by atoms with Gasteiger partial charge in [-0.3, -0.25) is 0 Å². The summed E-state index contributed by atoms with van der Waals surface area (Å²) >= 11 is 0. The Balaban J connectivity index is 3.82. The van der Waals surface area contributed by atoms with Gasteiger partial charge in [0.05, 0.1) is 0 Å². The Hall–Kier alpha value is -0.995. The normalized spacial score (nSPS) is 12.4. The molecule has 0 saturated carbocycles. The number of aryl methyl sites for hydroxylation is 1. The molecule has 2 N–H and O–H groups in total. The molecule has 0 aliphatic heterocycles. The van der Waals surface area contributed by atoms with Crippen molar-refractivity contribution in [2.45, 2.75) is 105 Å². The zero-order valence-electron chi connectivity index (χ0n) is 18.2. The molecule has 0 unspecified atom stereocenters. The van der Waals surface area contributed by atoms with Gasteiger partial charge in [-0.1, -0.05) is 74.3 Å². The predicted molar refractivity (Wildman–Crippen MR) is 112 cm³/mol. The summed E-state index contributed by atoms with van der Waals surface area (Å²) in [5, 5.41) is 19.2. The fourth-order valence-electron chi connectivity index (χ4n) is 3.57. The molecule has 0 aliphatic carbocycles. The quantitative estimate of drug-likeness (QED) is 0.616. The SMILES string of the molecule is CCCCc1cc(C(C)(C)C)c(OB(O)O)c(C(C)(C)C)c1CCCC. The summed E-state index contributed by atoms with van der Waals surface area (Å²) in [5.41, 5.74) is 4.65. The first-order valence-electron chi connectivity index (χ1n) is 10.2. The lowest BCUT2D eigenvalue weighted by Crippen LogP contribution is -2.28. The van der Waals surface area contributed by atoms with E-state index in [0.717, 1.165) is 49.7 Å². The third-order valence-corrected chi connectivity index (χ3v) is 4.84. The third-order valence-electron chi connectivity index (χ3n) is 4.84. The number of benzene rings is 1. The van der Waals surface area contributed by atoms with E-state index in [0.29, 0.717) is 5.75 Å². The molecule has 0 spiro atoms. The largest absolute Gasteiger partial charge is 0.707 e. The van der Waals surface area contributed by atoms with Gasteiger partial charge >= 0.3 is 7.32 Å². The van der Waals surface area contributed by atoms with Crippen molar-refractivity contribution < 1.29 is 14.7 Å². The molecule has 0 bridgehead atoms. The van der Waals surface area contributed by atoms with Crippen LogP contribution in [0, 0.1) is 0 Å². The second-order valence-corrected chi connectivity index (χ2v) is 9.42. The fourth-order valence-corrected chi connectivity index (χ4v) is 3.57. The summed E-state index contributed by atoms with van der Waals surface area (Å²) in [6.45, 7) is 17.4. The molecule has 0 fully saturated rings. The van der Waals surface area contributed by atoms with Crippen molar-refractivity contribution in [3.63, 3.8) is 0 Å². The highest BCUT2D eigenvalue weighted by Gasteiger charge is 2.32. The standard InChI is InChI=1S/C22H39BO3/c1-9-11-13-16-15-18(21(3,4)5)20(26-23(24)25)19(22(6,7)8)17(16)14-12-10-2/h15,24-25H,9-14H2,1-8H3. The lowest BCUT2D eigenvalue weighted by atomic mass is 9.74. The predicted octanol–water partition coefficient (Wildman–Crippen LogP) is 5.32. The Morgan fingerprint density at radius 1 is 0.885 bits per heavy atom. The van der Waals surface area contributed by atoms with E-state index in [2.05, 4.69) is 61.5 Å². The number of unbranched alkanes of at least 4 members (excludes halogenated alkanes) is 2. The number of hydrogen-bond donors (Lipinski definition) is 2. The second-order valence-electron chi connectivity index (χ2n) is 9.42. The first-order valence-corrected chi connectivity index (χ1v) is 10.2. The highest BCUT2D eigenvalue weighted by Crippen LogP contribution is 2.44. The van der Waals surface area contributed by atoms with E-state index in [9.17, 15) is 10.0 Å². The van der Waals surface area contributed by atoms with Crippen LogP contribution in [0.25, 0.3) is 0 Å². The Bertz CT molecular complexity index is 581. The molecule has 1 aromatic rings. The Kier molecular flexibility index (Phi) is 8.22. The van der Waals surface area contributed by atoms with Gasteiger partial charge in [0.25, 0.3) is 0 Å². The van der Waals surface area contributed by atoms with Gasteiger partial charge in [0.15, 0.2) is 0 Å². The van der Waals surface area contributed by atoms with Crippen molar-refractivity contribution in [3.05, 3.63) is 28.3 Å². The van der Waals surface area contributed by atoms with Crippen LogP contribution in [0.15, 0.2) is 6.07 Å². The Labute approximate surface area is 161 Å². The van der Waals surface area contributed by atoms with Crippen molar-refractivity contribution in [1.82, 2.24) is 0 Å². The number of hydrogen-bond acceptors (Lipinski definition) is 3. The van der Waals surface area contributed by atoms with Crippen LogP contribution in [0.1, 0.15) is 103 Å². The van der Waals surface area contributed by atoms with E-state index in [1.54, 1.807) is 0 Å². The first-order chi connectivity index (χ1) is 11.9. The highest BCUT2D eigenvalue weighted by atomic mass is 16.6. The fraction of sp³-hybridized carbons (Fsp3) is 0.727. The van der Waals surface area contributed by atoms with Gasteiger partial charge in [-0.25, -0.2) is 0 Å². The van der Waals surface area contributed by atoms with Crippen molar-refractivity contribution >= 4 is 7.32 Å². The smallest absolute Gasteiger partial charge is 0.512 e. The third kappa shape index (κ3) is 6.02. The number of rotatable bonds is 8. The highest BCUT2D eigenvalue weighted by molar-refractivity contribution is 6.33. The zero-order valence-corrected chi connectivity index (χ0v) is 18.2. The van der Waals surface area contributed by atoms with Crippen LogP contribution in [0.2, 0.25) is 0 Å². The topological polar surface area (TPSA) is 49.7 Å². The maximum Gasteiger partial charge on any atom is 0.707 e. The monoisotopic (exact) mass is 362 g/mol. The molecule has 3 nitrogen and oxygen atoms in total. The van der Waals surface area contributed by atoms with Crippen molar-refractivity contribution in [2.24, 2.45) is 0 Å². The molecule has 0 heterocycles. The minimum atomic E-state index is -1.81. The second kappa shape index (κ2) is 9.28. The van der Waals surface area contributed by atoms with Crippen LogP contribution in [0.3, 0.4) is 0 Å². The molecule has 0 aliphatic rings. The summed E-state index contributed by atoms with van der Waals surface area (Å²) in [5.74, 6) is 0.659. The summed E-state index contributed by atoms with van der Waals surface area (Å²) in [4.78, 5) is 0. The molecule has 0 atom stereocenters. The molecule has 4 heteroatoms. The maximum absolute atomic E-state index is 9.60. The molecular weight excluding hydrogens is 323 g/mol. The van der Waals surface area contributed by atoms with E-state index >= 15 is 0 Å². The van der Waals surface area contributed by atoms with E-state index in [1.807, 2.05) is 0 Å². The molecule has 26 heavy (non-hydrogen) atoms. The summed E-state index contributed by atoms with van der Waals surface area (Å²) < 4.78 is 5.62. The summed E-state index contributed by atoms with van der Waals surface area (Å²) in [7, 11) is -1.81. The van der Waals surface area contributed by atoms with Crippen LogP contribution in [0.5, 0.6) is 5.75 Å². The van der Waals surface area contributed by atoms with Crippen molar-refractivity contribution in [1.29, 1.82) is 0 Å². The van der Waals surface area contributed by atoms with E-state index < -0.39 is 7.32 Å². The first kappa shape index (κ1) is 23.0. The van der Waals surface area contributed by atoms with E-state index in [4.69, 9.17) is 4.65 Å². The van der Waals surface area contributed by atoms with E-state index in [1.165, 1.54) is 11.1 Å². The molecule has 0 radical (unpaired) electrons. The maximum atomic E-state index is 9.60. The van der Waals surface area contributed by atoms with Crippen LogP contribution < -0.4 is 4.65 Å². The van der Waals surface area contributed by atoms with Gasteiger partial charge < -0.3 is 14.7 Å². The van der Waals surface area contributed by atoms with Crippen molar-refractivity contribution in [2.75, 3.05) is 0 Å². The molecule has 148 valence electrons. The molecule has 0 saturated heterocycles. The lowest BCUT2D eigenvalue weighted by molar-refractivity contribution is 0.281. The molecular formula is C22H39BO3. The average molecular weight is 362 g/mol. The van der Waals surface area contributed by atoms with Crippen molar-refractivity contribution in [3.8, 4) is 5.75 Å². The van der Waals surface area contributed by atoms with Gasteiger partial charge in [-0.15, -0.1) is 0 Å². The average Bonchev–Trinajstić information content (AvgIpc) is 2.48. The minimum absolute atomic E-state index is 0.143. The molecule has 1 rings (SSSR count). The Morgan fingerprint density at radius 2 is 1.42 bits per heavy atom. The van der Waals surface area contributed by atoms with Gasteiger partial charge in [0.2, 0.25) is 0 Å². The molecule has 0 aromatic heterocycles. The van der Waals surface area contributed by atoms with Gasteiger partial charge in [-0.2, -0.15) is 0 Å². The molecule has 0 amide bonds. The summed E-state index contributed by atoms with van der Waals surface area (Å²) in [6, 6.07) is 2.26. The van der Waals surface area contributed by atoms with E-state index in [-0.39, 0.29) is 10.8 Å². The van der Waals surface area contributed by atoms with Crippen LogP contribution >= 0.6 is 0 Å². The van der Waals surface area contributed by atoms with Crippen LogP contribution in [0.4, 0.5) is 0 Å². The Morgan fingerprint density at radius 3 is 1.85 bits per heavy atom. The van der Waals surface area contributed by atoms with Crippen LogP contribution in [-0.2, 0) is 23.7 Å². The zero-order chi connectivity index (χ0) is 20.1. The van der Waals surface area contributed by atoms with Gasteiger partial charge in [-0.05, 0) is 53.2 Å².